The van der Waals surface area contributed by atoms with E-state index in [2.05, 4.69) is 37.8 Å². The molecule has 0 saturated heterocycles. The van der Waals surface area contributed by atoms with Crippen molar-refractivity contribution in [2.24, 2.45) is 22.9 Å². The molecule has 0 spiro atoms. The zero-order valence-electron chi connectivity index (χ0n) is 37.1. The van der Waals surface area contributed by atoms with Gasteiger partial charge in [0, 0.05) is 48.3 Å². The van der Waals surface area contributed by atoms with Crippen molar-refractivity contribution in [2.75, 3.05) is 38.7 Å². The van der Waals surface area contributed by atoms with Gasteiger partial charge in [-0.3, -0.25) is 4.90 Å². The molecule has 1 heterocycles. The van der Waals surface area contributed by atoms with Crippen LogP contribution in [0, 0.1) is 17.8 Å². The number of carbonyl (C=O) groups excluding carboxylic acids is 1. The summed E-state index contributed by atoms with van der Waals surface area (Å²) in [5, 5.41) is 24.9. The first-order valence-corrected chi connectivity index (χ1v) is 24.0. The van der Waals surface area contributed by atoms with Crippen LogP contribution in [0.4, 0.5) is 4.79 Å². The van der Waals surface area contributed by atoms with Crippen molar-refractivity contribution in [2.45, 2.75) is 94.1 Å². The Morgan fingerprint density at radius 1 is 0.906 bits per heavy atom. The monoisotopic (exact) mass is 888 g/mol. The van der Waals surface area contributed by atoms with Gasteiger partial charge in [-0.05, 0) is 91.0 Å². The summed E-state index contributed by atoms with van der Waals surface area (Å²) >= 11 is 1.76. The summed E-state index contributed by atoms with van der Waals surface area (Å²) in [4.78, 5) is 23.8. The number of thioether (sulfide) groups is 1. The third-order valence-electron chi connectivity index (χ3n) is 12.5. The molecule has 0 bridgehead atoms. The highest BCUT2D eigenvalue weighted by molar-refractivity contribution is 7.99. The molecule has 6 atom stereocenters. The predicted molar refractivity (Wildman–Crippen MR) is 252 cm³/mol. The van der Waals surface area contributed by atoms with Crippen molar-refractivity contribution in [1.82, 2.24) is 4.90 Å². The summed E-state index contributed by atoms with van der Waals surface area (Å²) in [7, 11) is 0. The van der Waals surface area contributed by atoms with E-state index in [9.17, 15) is 15.0 Å². The molecule has 1 amide bonds. The Hall–Kier alpha value is -5.07. The zero-order valence-corrected chi connectivity index (χ0v) is 37.9. The van der Waals surface area contributed by atoms with Gasteiger partial charge in [0.05, 0.1) is 24.8 Å². The summed E-state index contributed by atoms with van der Waals surface area (Å²) in [6.45, 7) is 7.82. The average molecular weight is 889 g/mol. The third kappa shape index (κ3) is 11.4. The summed E-state index contributed by atoms with van der Waals surface area (Å²) in [5.74, 6) is 0.430. The maximum Gasteiger partial charge on any atom is 0.410 e. The number of hydrogen-bond acceptors (Lipinski definition) is 10. The normalized spacial score (nSPS) is 22.6. The van der Waals surface area contributed by atoms with E-state index in [0.717, 1.165) is 65.2 Å². The smallest absolute Gasteiger partial charge is 0.410 e. The van der Waals surface area contributed by atoms with Crippen LogP contribution >= 0.6 is 11.8 Å². The Bertz CT molecular complexity index is 2140. The molecule has 64 heavy (non-hydrogen) atoms. The van der Waals surface area contributed by atoms with Crippen LogP contribution in [0.5, 0.6) is 11.5 Å². The molecule has 1 saturated carbocycles. The zero-order chi connectivity index (χ0) is 44.6. The van der Waals surface area contributed by atoms with E-state index in [1.54, 1.807) is 22.7 Å². The van der Waals surface area contributed by atoms with Gasteiger partial charge < -0.3 is 34.0 Å². The molecular formula is C53H64N2O8S. The van der Waals surface area contributed by atoms with Crippen LogP contribution in [0.15, 0.2) is 144 Å². The van der Waals surface area contributed by atoms with Crippen LogP contribution in [0.25, 0.3) is 0 Å². The molecule has 0 radical (unpaired) electrons. The second-order valence-electron chi connectivity index (χ2n) is 16.8. The van der Waals surface area contributed by atoms with Gasteiger partial charge in [-0.2, -0.15) is 0 Å². The second kappa shape index (κ2) is 23.7. The highest BCUT2D eigenvalue weighted by atomic mass is 32.2. The Kier molecular flexibility index (Phi) is 17.4. The molecule has 10 nitrogen and oxygen atoms in total. The van der Waals surface area contributed by atoms with Crippen LogP contribution in [0.2, 0.25) is 0 Å². The van der Waals surface area contributed by atoms with Gasteiger partial charge in [0.25, 0.3) is 0 Å². The second-order valence-corrected chi connectivity index (χ2v) is 17.9. The fourth-order valence-electron chi connectivity index (χ4n) is 9.75. The maximum absolute atomic E-state index is 14.6. The molecule has 11 heteroatoms. The van der Waals surface area contributed by atoms with Crippen molar-refractivity contribution in [3.05, 3.63) is 150 Å². The van der Waals surface area contributed by atoms with Crippen LogP contribution in [-0.4, -0.2) is 77.5 Å². The van der Waals surface area contributed by atoms with Gasteiger partial charge in [-0.1, -0.05) is 116 Å². The number of benzene rings is 4. The van der Waals surface area contributed by atoms with E-state index in [1.807, 2.05) is 91.0 Å². The summed E-state index contributed by atoms with van der Waals surface area (Å²) < 4.78 is 27.1. The van der Waals surface area contributed by atoms with Crippen molar-refractivity contribution in [3.63, 3.8) is 0 Å². The van der Waals surface area contributed by atoms with E-state index < -0.39 is 23.8 Å². The molecular weight excluding hydrogens is 825 g/mol. The van der Waals surface area contributed by atoms with E-state index in [4.69, 9.17) is 28.9 Å². The number of fused-ring (bicyclic) bond motifs is 2. The molecule has 0 aromatic heterocycles. The van der Waals surface area contributed by atoms with Gasteiger partial charge in [0.2, 0.25) is 5.79 Å². The lowest BCUT2D eigenvalue weighted by Gasteiger charge is -2.59. The number of carbonyl (C=O) groups is 1. The van der Waals surface area contributed by atoms with E-state index in [0.29, 0.717) is 38.2 Å². The highest BCUT2D eigenvalue weighted by Gasteiger charge is 2.65. The largest absolute Gasteiger partial charge is 0.493 e. The van der Waals surface area contributed by atoms with Crippen molar-refractivity contribution < 1.29 is 38.8 Å². The molecule has 1 aliphatic heterocycles. The number of amides is 1. The van der Waals surface area contributed by atoms with Crippen molar-refractivity contribution in [1.29, 1.82) is 0 Å². The number of oxime groups is 1. The van der Waals surface area contributed by atoms with E-state index in [-0.39, 0.29) is 57.2 Å². The highest BCUT2D eigenvalue weighted by Crippen LogP contribution is 2.62. The number of hydrogen-bond donors (Lipinski definition) is 2. The summed E-state index contributed by atoms with van der Waals surface area (Å²) in [6.07, 6.45) is 9.33. The first kappa shape index (κ1) is 46.9. The Labute approximate surface area is 383 Å². The fourth-order valence-corrected chi connectivity index (χ4v) is 10.5. The van der Waals surface area contributed by atoms with E-state index in [1.165, 1.54) is 4.90 Å². The number of rotatable bonds is 24. The lowest BCUT2D eigenvalue weighted by atomic mass is 9.55. The minimum atomic E-state index is -1.38. The van der Waals surface area contributed by atoms with Crippen molar-refractivity contribution >= 4 is 23.6 Å². The first-order chi connectivity index (χ1) is 31.5. The molecule has 3 aliphatic rings. The molecule has 7 rings (SSSR count). The first-order valence-electron chi connectivity index (χ1n) is 23.0. The standard InChI is InChI=1S/C53H64N2O8S/c1-3-28-55(52(58)60-37-39-18-8-5-9-19-39)49-36-47(54-62-38-40-20-10-6-11-21-40)45-34-41(22-14-16-29-56)44(25-15-17-30-57)50-46-35-42(59-32-33-64-43-23-12-7-13-24-43)26-27-48(46)63-53(49,51(45)50)61-31-4-2/h4-13,18-21,23-24,26-27,34-35,41,44,49-51,56-57H,2-3,14-17,22,25,28-33,36-38H2,1H3/t41-,44+,49-,50+,51+,53+/m0/s1. The molecule has 4 aromatic rings. The quantitative estimate of drug-likeness (QED) is 0.0307. The van der Waals surface area contributed by atoms with Gasteiger partial charge in [0.15, 0.2) is 0 Å². The lowest BCUT2D eigenvalue weighted by molar-refractivity contribution is -0.255. The van der Waals surface area contributed by atoms with Gasteiger partial charge in [0.1, 0.15) is 30.8 Å². The average Bonchev–Trinajstić information content (AvgIpc) is 3.33. The number of allylic oxidation sites excluding steroid dienone is 1. The number of unbranched alkanes of at least 4 members (excludes halogenated alkanes) is 2. The Morgan fingerprint density at radius 2 is 1.59 bits per heavy atom. The van der Waals surface area contributed by atoms with Crippen LogP contribution in [0.3, 0.4) is 0 Å². The number of aliphatic hydroxyl groups is 2. The van der Waals surface area contributed by atoms with Gasteiger partial charge >= 0.3 is 6.09 Å². The topological polar surface area (TPSA) is 119 Å². The van der Waals surface area contributed by atoms with Gasteiger partial charge in [-0.25, -0.2) is 4.79 Å². The number of aliphatic hydroxyl groups excluding tert-OH is 2. The molecule has 340 valence electrons. The minimum Gasteiger partial charge on any atom is -0.493 e. The van der Waals surface area contributed by atoms with E-state index >= 15 is 0 Å². The van der Waals surface area contributed by atoms with Crippen LogP contribution < -0.4 is 9.47 Å². The SMILES string of the molecule is C=CCO[C@@]12Oc3ccc(OCCSc4ccccc4)cc3[C@H]3[C@H](CCCCO)[C@@H](CCCCO)C=C(C(=NOCc4ccccc4)C[C@@H]1N(CCC)C(=O)OCc1ccccc1)[C@H]32. The maximum atomic E-state index is 14.6. The number of nitrogens with zero attached hydrogens (tertiary/aromatic N) is 2. The molecule has 1 fully saturated rings. The number of ether oxygens (including phenoxy) is 4. The van der Waals surface area contributed by atoms with Gasteiger partial charge in [-0.15, -0.1) is 18.3 Å². The van der Waals surface area contributed by atoms with Crippen LogP contribution in [-0.2, 0) is 27.5 Å². The Balaban J connectivity index is 1.35. The van der Waals surface area contributed by atoms with Crippen LogP contribution in [0.1, 0.15) is 80.9 Å². The fraction of sp³-hybridized carbons (Fsp3) is 0.434. The summed E-state index contributed by atoms with van der Waals surface area (Å²) in [5.41, 5.74) is 4.62. The minimum absolute atomic E-state index is 0.0899. The molecule has 0 unspecified atom stereocenters. The lowest BCUT2D eigenvalue weighted by Crippen LogP contribution is -2.70. The Morgan fingerprint density at radius 3 is 2.28 bits per heavy atom. The summed E-state index contributed by atoms with van der Waals surface area (Å²) in [6, 6.07) is 35.4. The molecule has 2 N–H and O–H groups in total. The molecule has 4 aromatic carbocycles. The predicted octanol–water partition coefficient (Wildman–Crippen LogP) is 10.7. The molecule has 2 aliphatic carbocycles. The van der Waals surface area contributed by atoms with Crippen molar-refractivity contribution in [3.8, 4) is 11.5 Å². The third-order valence-corrected chi connectivity index (χ3v) is 13.5.